The number of carboxylic acids is 1. The highest BCUT2D eigenvalue weighted by Gasteiger charge is 2.47. The Kier molecular flexibility index (Phi) is 7.92. The molecule has 48 heavy (non-hydrogen) atoms. The molecule has 3 aliphatic rings. The number of halogens is 1. The SMILES string of the molecule is Cc1cc2nc(-c3ccc4c(c3)c(C3C5CCC3CN(C3COC3)C5)nn4C)sc2c(-c2ccc(Cl)cc2)c1[C@H](OC(C)(C)C)C(=O)O. The van der Waals surface area contributed by atoms with Crippen molar-refractivity contribution in [3.8, 4) is 21.7 Å². The molecule has 0 spiro atoms. The van der Waals surface area contributed by atoms with Crippen LogP contribution >= 0.6 is 22.9 Å². The summed E-state index contributed by atoms with van der Waals surface area (Å²) in [4.78, 5) is 20.6. The number of aliphatic carboxylic acids is 1. The number of aryl methyl sites for hydroxylation is 2. The minimum Gasteiger partial charge on any atom is -0.479 e. The van der Waals surface area contributed by atoms with Gasteiger partial charge in [-0.25, -0.2) is 9.78 Å². The van der Waals surface area contributed by atoms with Gasteiger partial charge in [0, 0.05) is 53.2 Å². The number of hydrogen-bond acceptors (Lipinski definition) is 7. The lowest BCUT2D eigenvalue weighted by atomic mass is 9.81. The van der Waals surface area contributed by atoms with E-state index in [-0.39, 0.29) is 0 Å². The van der Waals surface area contributed by atoms with Crippen LogP contribution in [0.25, 0.3) is 42.8 Å². The van der Waals surface area contributed by atoms with E-state index in [9.17, 15) is 9.90 Å². The van der Waals surface area contributed by atoms with E-state index in [0.717, 1.165) is 69.3 Å². The Morgan fingerprint density at radius 1 is 1.06 bits per heavy atom. The number of hydrogen-bond donors (Lipinski definition) is 1. The summed E-state index contributed by atoms with van der Waals surface area (Å²) in [5, 5.41) is 18.3. The molecule has 8 rings (SSSR count). The highest BCUT2D eigenvalue weighted by atomic mass is 35.5. The van der Waals surface area contributed by atoms with Crippen molar-refractivity contribution >= 4 is 50.0 Å². The van der Waals surface area contributed by atoms with Gasteiger partial charge in [-0.2, -0.15) is 5.10 Å². The van der Waals surface area contributed by atoms with Gasteiger partial charge in [0.2, 0.25) is 0 Å². The highest BCUT2D eigenvalue weighted by molar-refractivity contribution is 7.22. The maximum absolute atomic E-state index is 12.8. The zero-order chi connectivity index (χ0) is 33.5. The summed E-state index contributed by atoms with van der Waals surface area (Å²) >= 11 is 7.89. The molecule has 8 nitrogen and oxygen atoms in total. The number of ether oxygens (including phenoxy) is 2. The number of likely N-dealkylation sites (tertiary alicyclic amines) is 1. The second-order valence-electron chi connectivity index (χ2n) is 14.8. The third-order valence-corrected chi connectivity index (χ3v) is 11.8. The third kappa shape index (κ3) is 5.53. The van der Waals surface area contributed by atoms with Crippen LogP contribution in [-0.4, -0.2) is 68.7 Å². The number of aromatic nitrogens is 3. The summed E-state index contributed by atoms with van der Waals surface area (Å²) in [7, 11) is 2.05. The topological polar surface area (TPSA) is 89.7 Å². The van der Waals surface area contributed by atoms with E-state index < -0.39 is 17.7 Å². The number of benzene rings is 3. The molecular weight excluding hydrogens is 644 g/mol. The van der Waals surface area contributed by atoms with E-state index in [2.05, 4.69) is 23.1 Å². The van der Waals surface area contributed by atoms with E-state index in [1.54, 1.807) is 11.3 Å². The molecule has 4 heterocycles. The molecule has 2 bridgehead atoms. The minimum absolute atomic E-state index is 0.453. The fourth-order valence-electron chi connectivity index (χ4n) is 8.27. The third-order valence-electron chi connectivity index (χ3n) is 10.5. The van der Waals surface area contributed by atoms with E-state index in [4.69, 9.17) is 31.2 Å². The van der Waals surface area contributed by atoms with Crippen LogP contribution in [0.1, 0.15) is 62.5 Å². The first-order valence-corrected chi connectivity index (χ1v) is 18.0. The Morgan fingerprint density at radius 2 is 1.75 bits per heavy atom. The highest BCUT2D eigenvalue weighted by Crippen LogP contribution is 2.50. The second kappa shape index (κ2) is 11.9. The number of thiazole rings is 1. The molecule has 0 amide bonds. The van der Waals surface area contributed by atoms with Crippen molar-refractivity contribution in [3.63, 3.8) is 0 Å². The van der Waals surface area contributed by atoms with Crippen LogP contribution in [0.4, 0.5) is 0 Å². The Balaban J connectivity index is 1.24. The molecule has 5 aromatic rings. The van der Waals surface area contributed by atoms with Gasteiger partial charge in [-0.05, 0) is 99.9 Å². The van der Waals surface area contributed by atoms with Gasteiger partial charge >= 0.3 is 5.97 Å². The van der Waals surface area contributed by atoms with Crippen LogP contribution in [0.2, 0.25) is 5.02 Å². The molecule has 2 saturated heterocycles. The van der Waals surface area contributed by atoms with Crippen molar-refractivity contribution in [3.05, 3.63) is 70.4 Å². The predicted molar refractivity (Wildman–Crippen MR) is 191 cm³/mol. The van der Waals surface area contributed by atoms with Crippen molar-refractivity contribution in [1.82, 2.24) is 19.7 Å². The Bertz CT molecular complexity index is 2030. The monoisotopic (exact) mass is 684 g/mol. The second-order valence-corrected chi connectivity index (χ2v) is 16.2. The quantitative estimate of drug-likeness (QED) is 0.185. The lowest BCUT2D eigenvalue weighted by Gasteiger charge is -2.44. The van der Waals surface area contributed by atoms with Crippen molar-refractivity contribution in [2.24, 2.45) is 18.9 Å². The number of nitrogens with zero attached hydrogens (tertiary/aromatic N) is 4. The first kappa shape index (κ1) is 31.9. The van der Waals surface area contributed by atoms with E-state index in [1.807, 2.05) is 69.8 Å². The van der Waals surface area contributed by atoms with Gasteiger partial charge in [-0.1, -0.05) is 23.7 Å². The molecule has 1 saturated carbocycles. The molecular formula is C38H41ClN4O4S. The molecule has 2 aliphatic heterocycles. The molecule has 10 heteroatoms. The number of fused-ring (bicyclic) bond motifs is 4. The van der Waals surface area contributed by atoms with Crippen LogP contribution in [0, 0.1) is 18.8 Å². The van der Waals surface area contributed by atoms with Gasteiger partial charge in [0.05, 0.1) is 46.3 Å². The molecule has 250 valence electrons. The Morgan fingerprint density at radius 3 is 2.38 bits per heavy atom. The molecule has 3 aromatic carbocycles. The Hall–Kier alpha value is -3.34. The molecule has 1 N–H and O–H groups in total. The van der Waals surface area contributed by atoms with Gasteiger partial charge < -0.3 is 14.6 Å². The van der Waals surface area contributed by atoms with Crippen LogP contribution in [0.5, 0.6) is 0 Å². The zero-order valence-corrected chi connectivity index (χ0v) is 29.6. The lowest BCUT2D eigenvalue weighted by Crippen LogP contribution is -2.54. The summed E-state index contributed by atoms with van der Waals surface area (Å²) in [6.07, 6.45) is 1.35. The van der Waals surface area contributed by atoms with Gasteiger partial charge in [0.1, 0.15) is 5.01 Å². The van der Waals surface area contributed by atoms with Gasteiger partial charge in [0.25, 0.3) is 0 Å². The lowest BCUT2D eigenvalue weighted by molar-refractivity contribution is -0.160. The summed E-state index contributed by atoms with van der Waals surface area (Å²) in [6.45, 7) is 11.6. The summed E-state index contributed by atoms with van der Waals surface area (Å²) in [6, 6.07) is 16.7. The number of carbonyl (C=O) groups is 1. The van der Waals surface area contributed by atoms with Crippen LogP contribution in [-0.2, 0) is 21.3 Å². The molecule has 3 fully saturated rings. The zero-order valence-electron chi connectivity index (χ0n) is 28.0. The maximum atomic E-state index is 12.8. The molecule has 0 radical (unpaired) electrons. The first-order valence-electron chi connectivity index (χ1n) is 16.8. The molecule has 3 atom stereocenters. The fourth-order valence-corrected chi connectivity index (χ4v) is 9.52. The van der Waals surface area contributed by atoms with Gasteiger partial charge in [-0.15, -0.1) is 11.3 Å². The van der Waals surface area contributed by atoms with E-state index in [1.165, 1.54) is 23.9 Å². The maximum Gasteiger partial charge on any atom is 0.337 e. The van der Waals surface area contributed by atoms with Crippen LogP contribution in [0.15, 0.2) is 48.5 Å². The van der Waals surface area contributed by atoms with Crippen molar-refractivity contribution < 1.29 is 19.4 Å². The predicted octanol–water partition coefficient (Wildman–Crippen LogP) is 8.24. The summed E-state index contributed by atoms with van der Waals surface area (Å²) in [5.74, 6) is 0.639. The summed E-state index contributed by atoms with van der Waals surface area (Å²) in [5.41, 5.74) is 6.72. The van der Waals surface area contributed by atoms with Crippen molar-refractivity contribution in [2.75, 3.05) is 26.3 Å². The van der Waals surface area contributed by atoms with Gasteiger partial charge in [0.15, 0.2) is 6.10 Å². The van der Waals surface area contributed by atoms with E-state index in [0.29, 0.717) is 34.4 Å². The molecule has 2 aromatic heterocycles. The number of carboxylic acid groups (broad SMARTS) is 1. The standard InChI is InChI=1S/C38H41ClN4O4S/c1-20-14-28-35(32(21-8-11-25(39)12-9-21)30(20)34(37(44)45)47-38(2,3)4)48-36(40-28)22-10-13-29-27(15-22)33(41-42(29)5)31-23-6-7-24(31)17-43(16-23)26-18-46-19-26/h8-15,23-24,26,31,34H,6-7,16-19H2,1-5H3,(H,44,45)/t23?,24?,31?,34-/m0/s1. The average Bonchev–Trinajstić information content (AvgIpc) is 3.65. The molecule has 1 aliphatic carbocycles. The van der Waals surface area contributed by atoms with Crippen LogP contribution in [0.3, 0.4) is 0 Å². The van der Waals surface area contributed by atoms with Crippen LogP contribution < -0.4 is 0 Å². The largest absolute Gasteiger partial charge is 0.479 e. The summed E-state index contributed by atoms with van der Waals surface area (Å²) < 4.78 is 14.7. The number of rotatable bonds is 7. The fraction of sp³-hybridized carbons (Fsp3) is 0.447. The van der Waals surface area contributed by atoms with Crippen molar-refractivity contribution in [1.29, 1.82) is 0 Å². The Labute approximate surface area is 289 Å². The average molecular weight is 685 g/mol. The number of piperidine rings is 1. The normalized spacial score (nSPS) is 22.4. The molecule has 2 unspecified atom stereocenters. The smallest absolute Gasteiger partial charge is 0.337 e. The first-order chi connectivity index (χ1) is 22.9. The minimum atomic E-state index is -1.15. The van der Waals surface area contributed by atoms with Crippen molar-refractivity contribution in [2.45, 2.75) is 64.2 Å². The van der Waals surface area contributed by atoms with E-state index >= 15 is 0 Å². The van der Waals surface area contributed by atoms with Gasteiger partial charge in [-0.3, -0.25) is 9.58 Å².